The molecule has 0 spiro atoms. The average molecular weight is 480 g/mol. The number of amides is 1. The largest absolute Gasteiger partial charge is 0.489 e. The van der Waals surface area contributed by atoms with Crippen molar-refractivity contribution in [2.45, 2.75) is 20.8 Å². The highest BCUT2D eigenvalue weighted by atomic mass is 127. The number of carbonyl (C=O) groups excluding carboxylic acids is 1. The van der Waals surface area contributed by atoms with Crippen LogP contribution in [0.1, 0.15) is 20.8 Å². The minimum Gasteiger partial charge on any atom is -0.489 e. The second-order valence-electron chi connectivity index (χ2n) is 6.34. The van der Waals surface area contributed by atoms with Crippen LogP contribution in [-0.4, -0.2) is 57.1 Å². The molecule has 0 aliphatic carbocycles. The molecular formula is C18H30FIN4O2. The summed E-state index contributed by atoms with van der Waals surface area (Å²) >= 11 is 0. The fraction of sp³-hybridized carbons (Fsp3) is 0.556. The number of hydrogen-bond acceptors (Lipinski definition) is 3. The maximum absolute atomic E-state index is 13.5. The number of para-hydroxylation sites is 1. The van der Waals surface area contributed by atoms with E-state index in [1.54, 1.807) is 25.2 Å². The first-order valence-electron chi connectivity index (χ1n) is 8.39. The molecule has 26 heavy (non-hydrogen) atoms. The van der Waals surface area contributed by atoms with Crippen LogP contribution in [0, 0.1) is 11.2 Å². The zero-order chi connectivity index (χ0) is 18.9. The van der Waals surface area contributed by atoms with Crippen LogP contribution in [0.15, 0.2) is 29.3 Å². The number of ether oxygens (including phenoxy) is 1. The van der Waals surface area contributed by atoms with E-state index in [2.05, 4.69) is 15.6 Å². The van der Waals surface area contributed by atoms with E-state index in [9.17, 15) is 9.18 Å². The third-order valence-electron chi connectivity index (χ3n) is 3.73. The number of hydrogen-bond donors (Lipinski definition) is 2. The van der Waals surface area contributed by atoms with E-state index in [-0.39, 0.29) is 41.5 Å². The van der Waals surface area contributed by atoms with Crippen LogP contribution < -0.4 is 15.4 Å². The van der Waals surface area contributed by atoms with Gasteiger partial charge < -0.3 is 20.3 Å². The normalized spacial score (nSPS) is 11.4. The minimum absolute atomic E-state index is 0. The summed E-state index contributed by atoms with van der Waals surface area (Å²) in [5.41, 5.74) is -0.559. The lowest BCUT2D eigenvalue weighted by Crippen LogP contribution is -2.48. The summed E-state index contributed by atoms with van der Waals surface area (Å²) in [6.07, 6.45) is 0. The second kappa shape index (κ2) is 11.9. The lowest BCUT2D eigenvalue weighted by molar-refractivity contribution is -0.128. The molecule has 0 unspecified atom stereocenters. The van der Waals surface area contributed by atoms with Crippen LogP contribution in [0.25, 0.3) is 0 Å². The summed E-state index contributed by atoms with van der Waals surface area (Å²) in [5.74, 6) is 0.491. The Hall–Kier alpha value is -1.58. The number of nitrogens with one attached hydrogen (secondary N) is 2. The quantitative estimate of drug-likeness (QED) is 0.341. The van der Waals surface area contributed by atoms with Gasteiger partial charge in [-0.3, -0.25) is 9.79 Å². The summed E-state index contributed by atoms with van der Waals surface area (Å²) < 4.78 is 19.0. The van der Waals surface area contributed by atoms with Gasteiger partial charge in [-0.25, -0.2) is 4.39 Å². The topological polar surface area (TPSA) is 66.0 Å². The predicted molar refractivity (Wildman–Crippen MR) is 114 cm³/mol. The van der Waals surface area contributed by atoms with Crippen molar-refractivity contribution in [3.05, 3.63) is 30.1 Å². The smallest absolute Gasteiger partial charge is 0.227 e. The molecule has 1 amide bonds. The van der Waals surface area contributed by atoms with E-state index in [1.165, 1.54) is 6.07 Å². The SMILES string of the molecule is CCNC(=O)C(C)(C)CNC(=NC)N(C)CCOc1ccccc1F.I. The summed E-state index contributed by atoms with van der Waals surface area (Å²) in [6.45, 7) is 7.53. The van der Waals surface area contributed by atoms with E-state index in [4.69, 9.17) is 4.74 Å². The van der Waals surface area contributed by atoms with Gasteiger partial charge in [-0.05, 0) is 32.9 Å². The molecule has 2 N–H and O–H groups in total. The fourth-order valence-electron chi connectivity index (χ4n) is 2.13. The van der Waals surface area contributed by atoms with Crippen molar-refractivity contribution < 1.29 is 13.9 Å². The molecule has 1 rings (SSSR count). The van der Waals surface area contributed by atoms with E-state index in [1.807, 2.05) is 32.7 Å². The first-order chi connectivity index (χ1) is 11.8. The van der Waals surface area contributed by atoms with Crippen LogP contribution in [0.2, 0.25) is 0 Å². The van der Waals surface area contributed by atoms with Gasteiger partial charge in [0.2, 0.25) is 5.91 Å². The molecule has 1 aromatic rings. The van der Waals surface area contributed by atoms with Gasteiger partial charge in [0.15, 0.2) is 17.5 Å². The van der Waals surface area contributed by atoms with Gasteiger partial charge >= 0.3 is 0 Å². The van der Waals surface area contributed by atoms with Crippen LogP contribution in [0.5, 0.6) is 5.75 Å². The van der Waals surface area contributed by atoms with Gasteiger partial charge in [0.05, 0.1) is 12.0 Å². The number of rotatable bonds is 8. The second-order valence-corrected chi connectivity index (χ2v) is 6.34. The molecular weight excluding hydrogens is 450 g/mol. The number of likely N-dealkylation sites (N-methyl/N-ethyl adjacent to an activating group) is 1. The lowest BCUT2D eigenvalue weighted by Gasteiger charge is -2.28. The van der Waals surface area contributed by atoms with Gasteiger partial charge in [-0.2, -0.15) is 0 Å². The van der Waals surface area contributed by atoms with Gasteiger partial charge in [0.1, 0.15) is 6.61 Å². The number of carbonyl (C=O) groups is 1. The monoisotopic (exact) mass is 480 g/mol. The fourth-order valence-corrected chi connectivity index (χ4v) is 2.13. The van der Waals surface area contributed by atoms with Crippen molar-refractivity contribution in [3.63, 3.8) is 0 Å². The number of aliphatic imine (C=N–C) groups is 1. The van der Waals surface area contributed by atoms with Crippen LogP contribution in [0.4, 0.5) is 4.39 Å². The lowest BCUT2D eigenvalue weighted by atomic mass is 9.92. The van der Waals surface area contributed by atoms with Gasteiger partial charge in [0.25, 0.3) is 0 Å². The Morgan fingerprint density at radius 3 is 2.54 bits per heavy atom. The molecule has 6 nitrogen and oxygen atoms in total. The van der Waals surface area contributed by atoms with Crippen LogP contribution in [0.3, 0.4) is 0 Å². The van der Waals surface area contributed by atoms with Crippen LogP contribution >= 0.6 is 24.0 Å². The van der Waals surface area contributed by atoms with E-state index < -0.39 is 5.41 Å². The number of benzene rings is 1. The molecule has 0 radical (unpaired) electrons. The zero-order valence-corrected chi connectivity index (χ0v) is 18.5. The molecule has 0 atom stereocenters. The van der Waals surface area contributed by atoms with Crippen LogP contribution in [-0.2, 0) is 4.79 Å². The maximum Gasteiger partial charge on any atom is 0.227 e. The summed E-state index contributed by atoms with van der Waals surface area (Å²) in [7, 11) is 3.54. The molecule has 0 saturated heterocycles. The molecule has 0 aromatic heterocycles. The van der Waals surface area contributed by atoms with Crippen molar-refractivity contribution in [1.82, 2.24) is 15.5 Å². The third-order valence-corrected chi connectivity index (χ3v) is 3.73. The maximum atomic E-state index is 13.5. The number of halogens is 2. The molecule has 0 saturated carbocycles. The Bertz CT molecular complexity index is 596. The first-order valence-corrected chi connectivity index (χ1v) is 8.39. The summed E-state index contributed by atoms with van der Waals surface area (Å²) in [4.78, 5) is 18.1. The van der Waals surface area contributed by atoms with Crippen molar-refractivity contribution in [1.29, 1.82) is 0 Å². The van der Waals surface area contributed by atoms with E-state index in [0.29, 0.717) is 32.2 Å². The Morgan fingerprint density at radius 2 is 1.96 bits per heavy atom. The molecule has 0 bridgehead atoms. The van der Waals surface area contributed by atoms with Crippen molar-refractivity contribution >= 4 is 35.8 Å². The summed E-state index contributed by atoms with van der Waals surface area (Å²) in [5, 5.41) is 6.02. The Balaban J connectivity index is 0.00000625. The average Bonchev–Trinajstić information content (AvgIpc) is 2.57. The van der Waals surface area contributed by atoms with Gasteiger partial charge in [-0.1, -0.05) is 12.1 Å². The van der Waals surface area contributed by atoms with Crippen molar-refractivity contribution in [3.8, 4) is 5.75 Å². The zero-order valence-electron chi connectivity index (χ0n) is 16.1. The molecule has 0 fully saturated rings. The van der Waals surface area contributed by atoms with Crippen molar-refractivity contribution in [2.75, 3.05) is 40.3 Å². The van der Waals surface area contributed by atoms with Gasteiger partial charge in [0, 0.05) is 27.2 Å². The Morgan fingerprint density at radius 1 is 1.31 bits per heavy atom. The highest BCUT2D eigenvalue weighted by Crippen LogP contribution is 2.15. The standard InChI is InChI=1S/C18H29FN4O2.HI/c1-6-21-16(24)18(2,3)13-22-17(20-4)23(5)11-12-25-15-10-8-7-9-14(15)19;/h7-10H,6,11-13H2,1-5H3,(H,20,22)(H,21,24);1H. The molecule has 0 aliphatic heterocycles. The molecule has 0 aliphatic rings. The molecule has 0 heterocycles. The molecule has 148 valence electrons. The first kappa shape index (κ1) is 24.4. The molecule has 1 aromatic carbocycles. The number of nitrogens with zero attached hydrogens (tertiary/aromatic N) is 2. The summed E-state index contributed by atoms with van der Waals surface area (Å²) in [6, 6.07) is 6.31. The predicted octanol–water partition coefficient (Wildman–Crippen LogP) is 2.49. The van der Waals surface area contributed by atoms with Crippen molar-refractivity contribution in [2.24, 2.45) is 10.4 Å². The highest BCUT2D eigenvalue weighted by molar-refractivity contribution is 14.0. The Labute approximate surface area is 172 Å². The van der Waals surface area contributed by atoms with E-state index in [0.717, 1.165) is 0 Å². The minimum atomic E-state index is -0.559. The third kappa shape index (κ3) is 7.76. The Kier molecular flexibility index (Phi) is 11.2. The van der Waals surface area contributed by atoms with Gasteiger partial charge in [-0.15, -0.1) is 24.0 Å². The molecule has 8 heteroatoms. The van der Waals surface area contributed by atoms with E-state index >= 15 is 0 Å². The number of guanidine groups is 1. The highest BCUT2D eigenvalue weighted by Gasteiger charge is 2.27.